The number of nitrogens with zero attached hydrogens (tertiary/aromatic N) is 3. The highest BCUT2D eigenvalue weighted by molar-refractivity contribution is 7.86. The fraction of sp³-hybridized carbons (Fsp3) is 0.882. The van der Waals surface area contributed by atoms with Gasteiger partial charge in [-0.2, -0.15) is 17.0 Å². The van der Waals surface area contributed by atoms with Crippen LogP contribution in [0.15, 0.2) is 0 Å². The van der Waals surface area contributed by atoms with Crippen molar-refractivity contribution >= 4 is 22.0 Å². The summed E-state index contributed by atoms with van der Waals surface area (Å²) in [7, 11) is -3.74. The Bertz CT molecular complexity index is 733. The third-order valence-corrected chi connectivity index (χ3v) is 8.94. The van der Waals surface area contributed by atoms with Gasteiger partial charge in [-0.25, -0.2) is 0 Å². The van der Waals surface area contributed by atoms with Crippen LogP contribution >= 0.6 is 0 Å². The molecule has 3 heterocycles. The maximum absolute atomic E-state index is 13.0. The Morgan fingerprint density at radius 3 is 2.31 bits per heavy atom. The van der Waals surface area contributed by atoms with Crippen LogP contribution in [0.2, 0.25) is 0 Å². The second kappa shape index (κ2) is 5.98. The van der Waals surface area contributed by atoms with Gasteiger partial charge in [0.15, 0.2) is 0 Å². The van der Waals surface area contributed by atoms with Crippen molar-refractivity contribution in [2.45, 2.75) is 51.8 Å². The van der Waals surface area contributed by atoms with E-state index in [-0.39, 0.29) is 42.2 Å². The Kier molecular flexibility index (Phi) is 4.22. The zero-order chi connectivity index (χ0) is 19.0. The van der Waals surface area contributed by atoms with Gasteiger partial charge in [-0.05, 0) is 24.7 Å². The van der Waals surface area contributed by atoms with Crippen molar-refractivity contribution in [3.8, 4) is 0 Å². The van der Waals surface area contributed by atoms with Gasteiger partial charge in [-0.3, -0.25) is 14.5 Å². The Morgan fingerprint density at radius 1 is 1.12 bits per heavy atom. The molecule has 0 bridgehead atoms. The summed E-state index contributed by atoms with van der Waals surface area (Å²) in [4.78, 5) is 27.0. The number of amides is 2. The molecule has 3 aliphatic heterocycles. The van der Waals surface area contributed by atoms with Gasteiger partial charge in [-0.15, -0.1) is 0 Å². The maximum Gasteiger partial charge on any atom is 0.282 e. The number of β-amino-alcohol motifs (C(OH)–C–C–N with tert-alkyl or cyclic N) is 1. The highest BCUT2D eigenvalue weighted by atomic mass is 32.2. The van der Waals surface area contributed by atoms with Gasteiger partial charge >= 0.3 is 0 Å². The van der Waals surface area contributed by atoms with Crippen molar-refractivity contribution in [1.82, 2.24) is 13.5 Å². The maximum atomic E-state index is 13.0. The highest BCUT2D eigenvalue weighted by Gasteiger charge is 2.61. The van der Waals surface area contributed by atoms with E-state index < -0.39 is 28.3 Å². The number of fused-ring (bicyclic) bond motifs is 1. The van der Waals surface area contributed by atoms with Crippen LogP contribution in [0.5, 0.6) is 0 Å². The summed E-state index contributed by atoms with van der Waals surface area (Å²) in [6.45, 7) is 6.44. The molecule has 1 saturated carbocycles. The second-order valence-corrected chi connectivity index (χ2v) is 10.2. The first-order valence-corrected chi connectivity index (χ1v) is 10.9. The zero-order valence-electron chi connectivity index (χ0n) is 15.4. The molecule has 4 rings (SSSR count). The summed E-state index contributed by atoms with van der Waals surface area (Å²) in [5.74, 6) is -0.487. The number of hydrogen-bond acceptors (Lipinski definition) is 5. The minimum Gasteiger partial charge on any atom is -0.392 e. The number of likely N-dealkylation sites (tertiary alicyclic amines) is 1. The minimum atomic E-state index is -3.74. The molecule has 3 saturated heterocycles. The van der Waals surface area contributed by atoms with E-state index in [0.717, 1.165) is 0 Å². The molecule has 2 amide bonds. The zero-order valence-corrected chi connectivity index (χ0v) is 16.2. The molecule has 26 heavy (non-hydrogen) atoms. The first-order valence-electron chi connectivity index (χ1n) is 9.48. The van der Waals surface area contributed by atoms with Crippen molar-refractivity contribution < 1.29 is 23.1 Å². The molecule has 9 heteroatoms. The largest absolute Gasteiger partial charge is 0.392 e. The fourth-order valence-corrected chi connectivity index (χ4v) is 7.01. The van der Waals surface area contributed by atoms with Crippen LogP contribution in [0.1, 0.15) is 33.6 Å². The number of aliphatic hydroxyl groups excluding tert-OH is 1. The summed E-state index contributed by atoms with van der Waals surface area (Å²) < 4.78 is 28.7. The van der Waals surface area contributed by atoms with Crippen molar-refractivity contribution in [3.05, 3.63) is 0 Å². The van der Waals surface area contributed by atoms with Crippen LogP contribution in [0.4, 0.5) is 0 Å². The molecule has 2 unspecified atom stereocenters. The lowest BCUT2D eigenvalue weighted by Gasteiger charge is -2.29. The van der Waals surface area contributed by atoms with Gasteiger partial charge in [0.1, 0.15) is 0 Å². The third-order valence-electron chi connectivity index (χ3n) is 6.94. The summed E-state index contributed by atoms with van der Waals surface area (Å²) >= 11 is 0. The minimum absolute atomic E-state index is 0.0955. The predicted molar refractivity (Wildman–Crippen MR) is 92.9 cm³/mol. The van der Waals surface area contributed by atoms with Crippen molar-refractivity contribution in [3.63, 3.8) is 0 Å². The first-order chi connectivity index (χ1) is 12.2. The molecular formula is C17H27N3O5S. The van der Waals surface area contributed by atoms with E-state index in [2.05, 4.69) is 0 Å². The molecule has 7 atom stereocenters. The van der Waals surface area contributed by atoms with Crippen molar-refractivity contribution in [1.29, 1.82) is 0 Å². The molecule has 4 fully saturated rings. The van der Waals surface area contributed by atoms with Crippen molar-refractivity contribution in [2.24, 2.45) is 23.7 Å². The second-order valence-electron chi connectivity index (χ2n) is 8.34. The van der Waals surface area contributed by atoms with Gasteiger partial charge in [0.05, 0.1) is 24.1 Å². The van der Waals surface area contributed by atoms with E-state index in [1.807, 2.05) is 13.8 Å². The molecule has 146 valence electrons. The molecule has 0 spiro atoms. The number of aliphatic hydroxyl groups is 1. The number of carbonyl (C=O) groups is 2. The molecule has 1 aliphatic carbocycles. The average molecular weight is 385 g/mol. The van der Waals surface area contributed by atoms with Gasteiger partial charge in [-0.1, -0.05) is 20.8 Å². The smallest absolute Gasteiger partial charge is 0.282 e. The molecule has 0 aromatic heterocycles. The molecular weight excluding hydrogens is 358 g/mol. The lowest BCUT2D eigenvalue weighted by molar-refractivity contribution is -0.146. The fourth-order valence-electron chi connectivity index (χ4n) is 5.05. The van der Waals surface area contributed by atoms with Crippen LogP contribution in [-0.4, -0.2) is 76.7 Å². The Labute approximate surface area is 154 Å². The van der Waals surface area contributed by atoms with Crippen LogP contribution < -0.4 is 0 Å². The topological polar surface area (TPSA) is 98.2 Å². The van der Waals surface area contributed by atoms with Gasteiger partial charge in [0.25, 0.3) is 10.2 Å². The van der Waals surface area contributed by atoms with E-state index in [0.29, 0.717) is 25.9 Å². The quantitative estimate of drug-likeness (QED) is 0.670. The van der Waals surface area contributed by atoms with E-state index in [1.165, 1.54) is 13.5 Å². The average Bonchev–Trinajstić information content (AvgIpc) is 3.00. The third kappa shape index (κ3) is 2.47. The van der Waals surface area contributed by atoms with E-state index in [4.69, 9.17) is 0 Å². The molecule has 8 nitrogen and oxygen atoms in total. The van der Waals surface area contributed by atoms with E-state index >= 15 is 0 Å². The van der Waals surface area contributed by atoms with Crippen LogP contribution in [-0.2, 0) is 19.8 Å². The number of imide groups is 1. The molecule has 0 aromatic carbocycles. The lowest BCUT2D eigenvalue weighted by Crippen LogP contribution is -2.48. The first kappa shape index (κ1) is 18.3. The molecule has 0 aromatic rings. The molecule has 4 aliphatic rings. The summed E-state index contributed by atoms with van der Waals surface area (Å²) in [5.41, 5.74) is 0. The highest BCUT2D eigenvalue weighted by Crippen LogP contribution is 2.49. The standard InChI is InChI=1S/C17H27N3O5S/c1-9-10(2)14(9)17(23)20-13-5-7-19(15(13)11(3)16(20)22)26(24,25)18-6-4-12(21)8-18/h9-15,21H,4-8H2,1-3H3/t9-,10+,11-,12?,13-,14?,15+/m0/s1. The van der Waals surface area contributed by atoms with Crippen LogP contribution in [0.25, 0.3) is 0 Å². The number of carbonyl (C=O) groups excluding carboxylic acids is 2. The predicted octanol–water partition coefficient (Wildman–Crippen LogP) is -0.352. The summed E-state index contributed by atoms with van der Waals surface area (Å²) in [6.07, 6.45) is 0.275. The van der Waals surface area contributed by atoms with Crippen LogP contribution in [0, 0.1) is 23.7 Å². The van der Waals surface area contributed by atoms with Crippen LogP contribution in [0.3, 0.4) is 0 Å². The van der Waals surface area contributed by atoms with Gasteiger partial charge in [0.2, 0.25) is 11.8 Å². The normalized spacial score (nSPS) is 43.9. The molecule has 0 radical (unpaired) electrons. The SMILES string of the molecule is C[C@@H]1C(=O)N(C(=O)C2[C@@H](C)[C@H]2C)[C@H]2CCN(S(=O)(=O)N3CCC(O)C3)[C@H]12. The van der Waals surface area contributed by atoms with E-state index in [9.17, 15) is 23.1 Å². The lowest BCUT2D eigenvalue weighted by atomic mass is 10.0. The van der Waals surface area contributed by atoms with Gasteiger partial charge in [0, 0.05) is 25.6 Å². The molecule has 1 N–H and O–H groups in total. The Balaban J connectivity index is 1.58. The monoisotopic (exact) mass is 385 g/mol. The Hall–Kier alpha value is -1.03. The number of rotatable bonds is 3. The van der Waals surface area contributed by atoms with Crippen molar-refractivity contribution in [2.75, 3.05) is 19.6 Å². The Morgan fingerprint density at radius 2 is 1.77 bits per heavy atom. The number of hydrogen-bond donors (Lipinski definition) is 1. The van der Waals surface area contributed by atoms with E-state index in [1.54, 1.807) is 6.92 Å². The van der Waals surface area contributed by atoms with Gasteiger partial charge < -0.3 is 5.11 Å². The summed E-state index contributed by atoms with van der Waals surface area (Å²) in [5, 5.41) is 9.69. The summed E-state index contributed by atoms with van der Waals surface area (Å²) in [6, 6.07) is -0.870.